The molecule has 4 aromatic rings. The van der Waals surface area contributed by atoms with Gasteiger partial charge in [0.1, 0.15) is 23.8 Å². The summed E-state index contributed by atoms with van der Waals surface area (Å²) in [6, 6.07) is 20.2. The molecule has 0 radical (unpaired) electrons. The molecule has 37 heavy (non-hydrogen) atoms. The molecule has 7 heteroatoms. The maximum atomic E-state index is 14.0. The van der Waals surface area contributed by atoms with Crippen molar-refractivity contribution in [1.82, 2.24) is 4.90 Å². The van der Waals surface area contributed by atoms with Gasteiger partial charge in [-0.25, -0.2) is 4.39 Å². The molecule has 1 aromatic heterocycles. The monoisotopic (exact) mass is 501 g/mol. The third-order valence-corrected chi connectivity index (χ3v) is 6.34. The Morgan fingerprint density at radius 1 is 1.00 bits per heavy atom. The molecule has 2 heterocycles. The molecule has 5 rings (SSSR count). The van der Waals surface area contributed by atoms with Gasteiger partial charge in [0, 0.05) is 13.2 Å². The zero-order valence-electron chi connectivity index (χ0n) is 20.8. The molecular formula is C30H28FNO5. The fraction of sp³-hybridized carbons (Fsp3) is 0.267. The molecule has 1 atom stereocenters. The Hall–Kier alpha value is -3.97. The van der Waals surface area contributed by atoms with Crippen LogP contribution in [0.25, 0.3) is 11.0 Å². The van der Waals surface area contributed by atoms with Crippen LogP contribution in [0.5, 0.6) is 5.75 Å². The van der Waals surface area contributed by atoms with Crippen molar-refractivity contribution >= 4 is 16.9 Å². The molecule has 6 nitrogen and oxygen atoms in total. The smallest absolute Gasteiger partial charge is 0.290 e. The summed E-state index contributed by atoms with van der Waals surface area (Å²) < 4.78 is 31.6. The summed E-state index contributed by atoms with van der Waals surface area (Å²) in [5, 5.41) is 0.109. The van der Waals surface area contributed by atoms with E-state index in [0.29, 0.717) is 37.5 Å². The van der Waals surface area contributed by atoms with E-state index in [-0.39, 0.29) is 34.3 Å². The largest absolute Gasteiger partial charge is 0.489 e. The van der Waals surface area contributed by atoms with Crippen molar-refractivity contribution in [3.8, 4) is 5.75 Å². The van der Waals surface area contributed by atoms with E-state index in [1.807, 2.05) is 68.4 Å². The Bertz CT molecular complexity index is 1480. The van der Waals surface area contributed by atoms with Crippen LogP contribution in [-0.2, 0) is 11.3 Å². The number of carbonyl (C=O) groups is 1. The van der Waals surface area contributed by atoms with Crippen molar-refractivity contribution in [2.45, 2.75) is 39.0 Å². The molecule has 0 bridgehead atoms. The number of halogens is 1. The van der Waals surface area contributed by atoms with Crippen molar-refractivity contribution < 1.29 is 23.1 Å². The number of amides is 1. The quantitative estimate of drug-likeness (QED) is 0.268. The maximum absolute atomic E-state index is 14.0. The highest BCUT2D eigenvalue weighted by molar-refractivity contribution is 5.99. The lowest BCUT2D eigenvalue weighted by atomic mass is 9.98. The molecule has 1 amide bonds. The first kappa shape index (κ1) is 24.7. The van der Waals surface area contributed by atoms with E-state index in [2.05, 4.69) is 0 Å². The summed E-state index contributed by atoms with van der Waals surface area (Å²) in [5.41, 5.74) is 1.72. The van der Waals surface area contributed by atoms with Crippen molar-refractivity contribution in [2.75, 3.05) is 13.2 Å². The van der Waals surface area contributed by atoms with Crippen molar-refractivity contribution in [3.05, 3.63) is 111 Å². The fourth-order valence-electron chi connectivity index (χ4n) is 4.64. The second-order valence-electron chi connectivity index (χ2n) is 9.34. The molecular weight excluding hydrogens is 473 g/mol. The van der Waals surface area contributed by atoms with Gasteiger partial charge in [-0.3, -0.25) is 9.59 Å². The minimum Gasteiger partial charge on any atom is -0.489 e. The molecule has 1 aliphatic rings. The number of rotatable bonds is 9. The van der Waals surface area contributed by atoms with E-state index in [0.717, 1.165) is 11.6 Å². The van der Waals surface area contributed by atoms with Crippen LogP contribution in [0.2, 0.25) is 0 Å². The van der Waals surface area contributed by atoms with E-state index >= 15 is 0 Å². The summed E-state index contributed by atoms with van der Waals surface area (Å²) in [4.78, 5) is 28.7. The van der Waals surface area contributed by atoms with E-state index in [9.17, 15) is 14.0 Å². The number of fused-ring (bicyclic) bond motifs is 2. The van der Waals surface area contributed by atoms with Crippen LogP contribution in [0.4, 0.5) is 4.39 Å². The number of benzene rings is 3. The highest BCUT2D eigenvalue weighted by atomic mass is 19.1. The third kappa shape index (κ3) is 5.13. The second kappa shape index (κ2) is 10.6. The van der Waals surface area contributed by atoms with Crippen LogP contribution in [0.3, 0.4) is 0 Å². The lowest BCUT2D eigenvalue weighted by Gasteiger charge is -2.25. The molecule has 3 aromatic carbocycles. The minimum absolute atomic E-state index is 0.00510. The topological polar surface area (TPSA) is 69.0 Å². The average molecular weight is 502 g/mol. The Morgan fingerprint density at radius 2 is 1.81 bits per heavy atom. The van der Waals surface area contributed by atoms with Crippen molar-refractivity contribution in [2.24, 2.45) is 0 Å². The first-order valence-electron chi connectivity index (χ1n) is 12.4. The zero-order chi connectivity index (χ0) is 25.9. The van der Waals surface area contributed by atoms with Gasteiger partial charge in [-0.05, 0) is 61.7 Å². The van der Waals surface area contributed by atoms with E-state index < -0.39 is 17.3 Å². The highest BCUT2D eigenvalue weighted by Gasteiger charge is 2.42. The maximum Gasteiger partial charge on any atom is 0.290 e. The molecule has 0 saturated heterocycles. The van der Waals surface area contributed by atoms with E-state index in [1.165, 1.54) is 12.1 Å². The molecule has 0 N–H and O–H groups in total. The van der Waals surface area contributed by atoms with Crippen LogP contribution >= 0.6 is 0 Å². The number of hydrogen-bond donors (Lipinski definition) is 0. The van der Waals surface area contributed by atoms with Gasteiger partial charge >= 0.3 is 0 Å². The summed E-state index contributed by atoms with van der Waals surface area (Å²) in [7, 11) is 0. The van der Waals surface area contributed by atoms with Crippen molar-refractivity contribution in [1.29, 1.82) is 0 Å². The van der Waals surface area contributed by atoms with Gasteiger partial charge < -0.3 is 18.8 Å². The number of carbonyl (C=O) groups excluding carboxylic acids is 1. The minimum atomic E-state index is -0.689. The number of hydrogen-bond acceptors (Lipinski definition) is 5. The average Bonchev–Trinajstić information content (AvgIpc) is 3.18. The predicted molar refractivity (Wildman–Crippen MR) is 138 cm³/mol. The van der Waals surface area contributed by atoms with Gasteiger partial charge in [0.25, 0.3) is 5.91 Å². The van der Waals surface area contributed by atoms with Crippen LogP contribution in [-0.4, -0.2) is 30.1 Å². The fourth-order valence-corrected chi connectivity index (χ4v) is 4.64. The second-order valence-corrected chi connectivity index (χ2v) is 9.34. The van der Waals surface area contributed by atoms with E-state index in [4.69, 9.17) is 13.9 Å². The van der Waals surface area contributed by atoms with Crippen molar-refractivity contribution in [3.63, 3.8) is 0 Å². The lowest BCUT2D eigenvalue weighted by molar-refractivity contribution is 0.0593. The Kier molecular flexibility index (Phi) is 7.06. The Labute approximate surface area is 214 Å². The first-order chi connectivity index (χ1) is 17.9. The molecule has 0 spiro atoms. The van der Waals surface area contributed by atoms with E-state index in [1.54, 1.807) is 4.90 Å². The normalized spacial score (nSPS) is 15.0. The summed E-state index contributed by atoms with van der Waals surface area (Å²) in [6.07, 6.45) is 0.658. The van der Waals surface area contributed by atoms with Gasteiger partial charge in [-0.15, -0.1) is 0 Å². The number of nitrogens with zero attached hydrogens (tertiary/aromatic N) is 1. The molecule has 0 fully saturated rings. The zero-order valence-corrected chi connectivity index (χ0v) is 20.8. The SMILES string of the molecule is CC(C)OCCCN1C(=O)c2oc3ccc(F)cc3c(=O)c2C1c1cccc(OCc2ccccc2)c1. The van der Waals surface area contributed by atoms with Crippen LogP contribution < -0.4 is 10.2 Å². The molecule has 1 unspecified atom stereocenters. The molecule has 0 saturated carbocycles. The van der Waals surface area contributed by atoms with Crippen LogP contribution in [0.15, 0.2) is 82.0 Å². The summed E-state index contributed by atoms with van der Waals surface area (Å²) >= 11 is 0. The van der Waals surface area contributed by atoms with Gasteiger partial charge in [0.2, 0.25) is 5.76 Å². The summed E-state index contributed by atoms with van der Waals surface area (Å²) in [6.45, 7) is 5.12. The van der Waals surface area contributed by atoms with Crippen LogP contribution in [0.1, 0.15) is 53.6 Å². The van der Waals surface area contributed by atoms with Gasteiger partial charge in [-0.1, -0.05) is 42.5 Å². The molecule has 190 valence electrons. The predicted octanol–water partition coefficient (Wildman–Crippen LogP) is 5.87. The molecule has 1 aliphatic heterocycles. The Balaban J connectivity index is 1.53. The summed E-state index contributed by atoms with van der Waals surface area (Å²) in [5.74, 6) is -0.306. The standard InChI is InChI=1S/C30H28FNO5/c1-19(2)35-15-7-14-32-27(21-10-6-11-23(16-21)36-18-20-8-4-3-5-9-20)26-28(33)24-17-22(31)12-13-25(24)37-29(26)30(32)34/h3-6,8-13,16-17,19,27H,7,14-15,18H2,1-2H3. The first-order valence-corrected chi connectivity index (χ1v) is 12.4. The lowest BCUT2D eigenvalue weighted by Crippen LogP contribution is -2.31. The van der Waals surface area contributed by atoms with Gasteiger partial charge in [0.05, 0.1) is 23.1 Å². The number of ether oxygens (including phenoxy) is 2. The Morgan fingerprint density at radius 3 is 2.59 bits per heavy atom. The van der Waals surface area contributed by atoms with Crippen LogP contribution in [0, 0.1) is 5.82 Å². The van der Waals surface area contributed by atoms with Gasteiger partial charge in [-0.2, -0.15) is 0 Å². The molecule has 0 aliphatic carbocycles. The van der Waals surface area contributed by atoms with Gasteiger partial charge in [0.15, 0.2) is 5.43 Å². The highest BCUT2D eigenvalue weighted by Crippen LogP contribution is 2.39. The third-order valence-electron chi connectivity index (χ3n) is 6.34.